The molecule has 66 valence electrons. The molecule has 0 radical (unpaired) electrons. The van der Waals surface area contributed by atoms with Crippen molar-refractivity contribution in [2.75, 3.05) is 0 Å². The fourth-order valence-electron chi connectivity index (χ4n) is 1.26. The highest BCUT2D eigenvalue weighted by atomic mass is 14.8. The van der Waals surface area contributed by atoms with Crippen molar-refractivity contribution in [3.05, 3.63) is 23.3 Å². The van der Waals surface area contributed by atoms with Crippen LogP contribution in [0.25, 0.3) is 0 Å². The molecule has 0 spiro atoms. The Labute approximate surface area is 74.9 Å². The first-order valence-electron chi connectivity index (χ1n) is 4.49. The third-order valence-corrected chi connectivity index (χ3v) is 2.56. The minimum atomic E-state index is 0.0122. The minimum absolute atomic E-state index is 0.0122. The first-order valence-corrected chi connectivity index (χ1v) is 4.49. The van der Waals surface area contributed by atoms with Crippen molar-refractivity contribution < 1.29 is 0 Å². The average molecular weight is 163 g/mol. The summed E-state index contributed by atoms with van der Waals surface area (Å²) in [6.45, 7) is 8.61. The van der Waals surface area contributed by atoms with Crippen molar-refractivity contribution in [3.63, 3.8) is 0 Å². The molecule has 0 aromatic heterocycles. The van der Waals surface area contributed by atoms with Crippen LogP contribution in [0.4, 0.5) is 0 Å². The highest BCUT2D eigenvalue weighted by molar-refractivity contribution is 5.75. The minimum Gasteiger partial charge on any atom is -0.283 e. The van der Waals surface area contributed by atoms with Gasteiger partial charge in [-0.1, -0.05) is 13.0 Å². The average Bonchev–Trinajstić information content (AvgIpc) is 2.14. The van der Waals surface area contributed by atoms with Crippen molar-refractivity contribution in [3.8, 4) is 0 Å². The molecular formula is C11H17N. The van der Waals surface area contributed by atoms with Crippen LogP contribution < -0.4 is 0 Å². The standard InChI is InChI=1S/C11H17N/c1-5-11(4)8-10(3)9(2)6-7-12-11/h6-8H,5H2,1-4H3. The number of rotatable bonds is 1. The predicted octanol–water partition coefficient (Wildman–Crippen LogP) is 3.13. The number of nitrogens with zero attached hydrogens (tertiary/aromatic N) is 1. The fourth-order valence-corrected chi connectivity index (χ4v) is 1.26. The molecule has 0 amide bonds. The predicted molar refractivity (Wildman–Crippen MR) is 54.7 cm³/mol. The second-order valence-corrected chi connectivity index (χ2v) is 3.67. The Balaban J connectivity index is 3.02. The van der Waals surface area contributed by atoms with Crippen LogP contribution in [-0.4, -0.2) is 11.8 Å². The Bertz CT molecular complexity index is 258. The summed E-state index contributed by atoms with van der Waals surface area (Å²) in [5.41, 5.74) is 2.67. The van der Waals surface area contributed by atoms with E-state index in [1.165, 1.54) is 11.1 Å². The summed E-state index contributed by atoms with van der Waals surface area (Å²) in [6.07, 6.45) is 7.31. The van der Waals surface area contributed by atoms with E-state index < -0.39 is 0 Å². The van der Waals surface area contributed by atoms with Crippen LogP contribution in [0.2, 0.25) is 0 Å². The molecule has 1 atom stereocenters. The monoisotopic (exact) mass is 163 g/mol. The Kier molecular flexibility index (Phi) is 2.51. The highest BCUT2D eigenvalue weighted by Crippen LogP contribution is 2.23. The zero-order valence-electron chi connectivity index (χ0n) is 8.39. The van der Waals surface area contributed by atoms with Gasteiger partial charge in [-0.15, -0.1) is 0 Å². The van der Waals surface area contributed by atoms with Crippen LogP contribution in [0.5, 0.6) is 0 Å². The lowest BCUT2D eigenvalue weighted by molar-refractivity contribution is 0.568. The third-order valence-electron chi connectivity index (χ3n) is 2.56. The topological polar surface area (TPSA) is 12.4 Å². The molecule has 1 aliphatic heterocycles. The summed E-state index contributed by atoms with van der Waals surface area (Å²) in [5, 5.41) is 0. The van der Waals surface area contributed by atoms with E-state index in [0.29, 0.717) is 0 Å². The number of aliphatic imine (C=N–C) groups is 1. The van der Waals surface area contributed by atoms with Gasteiger partial charge in [0.25, 0.3) is 0 Å². The molecule has 0 fully saturated rings. The lowest BCUT2D eigenvalue weighted by Gasteiger charge is -2.18. The fraction of sp³-hybridized carbons (Fsp3) is 0.545. The Morgan fingerprint density at radius 3 is 2.58 bits per heavy atom. The molecule has 12 heavy (non-hydrogen) atoms. The van der Waals surface area contributed by atoms with Gasteiger partial charge in [0.05, 0.1) is 5.54 Å². The van der Waals surface area contributed by atoms with Gasteiger partial charge in [0.1, 0.15) is 0 Å². The van der Waals surface area contributed by atoms with E-state index in [2.05, 4.69) is 44.8 Å². The summed E-state index contributed by atoms with van der Waals surface area (Å²) in [6, 6.07) is 0. The molecule has 0 aromatic carbocycles. The summed E-state index contributed by atoms with van der Waals surface area (Å²) < 4.78 is 0. The van der Waals surface area contributed by atoms with Gasteiger partial charge in [-0.3, -0.25) is 4.99 Å². The summed E-state index contributed by atoms with van der Waals surface area (Å²) >= 11 is 0. The molecule has 1 aliphatic rings. The van der Waals surface area contributed by atoms with E-state index in [1.807, 2.05) is 6.21 Å². The van der Waals surface area contributed by atoms with E-state index in [0.717, 1.165) is 6.42 Å². The van der Waals surface area contributed by atoms with Crippen molar-refractivity contribution in [2.45, 2.75) is 39.7 Å². The van der Waals surface area contributed by atoms with E-state index in [4.69, 9.17) is 0 Å². The Morgan fingerprint density at radius 2 is 2.00 bits per heavy atom. The van der Waals surface area contributed by atoms with Gasteiger partial charge >= 0.3 is 0 Å². The van der Waals surface area contributed by atoms with Crippen molar-refractivity contribution in [2.24, 2.45) is 4.99 Å². The quantitative estimate of drug-likeness (QED) is 0.563. The van der Waals surface area contributed by atoms with Crippen molar-refractivity contribution in [1.82, 2.24) is 0 Å². The highest BCUT2D eigenvalue weighted by Gasteiger charge is 2.17. The van der Waals surface area contributed by atoms with Crippen LogP contribution >= 0.6 is 0 Å². The first-order chi connectivity index (χ1) is 5.57. The molecule has 0 aromatic rings. The van der Waals surface area contributed by atoms with Crippen LogP contribution in [0, 0.1) is 0 Å². The van der Waals surface area contributed by atoms with Crippen LogP contribution in [0.1, 0.15) is 34.1 Å². The molecule has 0 N–H and O–H groups in total. The summed E-state index contributed by atoms with van der Waals surface area (Å²) in [7, 11) is 0. The SMILES string of the molecule is CCC1(C)C=C(C)C(C)=CC=N1. The van der Waals surface area contributed by atoms with Crippen LogP contribution in [-0.2, 0) is 0 Å². The number of hydrogen-bond donors (Lipinski definition) is 0. The van der Waals surface area contributed by atoms with E-state index in [-0.39, 0.29) is 5.54 Å². The lowest BCUT2D eigenvalue weighted by Crippen LogP contribution is -2.17. The van der Waals surface area contributed by atoms with Crippen LogP contribution in [0.3, 0.4) is 0 Å². The summed E-state index contributed by atoms with van der Waals surface area (Å²) in [5.74, 6) is 0. The Hall–Kier alpha value is -0.850. The van der Waals surface area contributed by atoms with Gasteiger partial charge in [0, 0.05) is 6.21 Å². The van der Waals surface area contributed by atoms with E-state index in [9.17, 15) is 0 Å². The Morgan fingerprint density at radius 1 is 1.33 bits per heavy atom. The third kappa shape index (κ3) is 1.84. The smallest absolute Gasteiger partial charge is 0.0762 e. The molecule has 1 heterocycles. The van der Waals surface area contributed by atoms with E-state index in [1.54, 1.807) is 0 Å². The molecule has 0 saturated carbocycles. The molecule has 1 heteroatoms. The zero-order chi connectivity index (χ0) is 9.19. The molecule has 0 bridgehead atoms. The maximum atomic E-state index is 4.50. The summed E-state index contributed by atoms with van der Waals surface area (Å²) in [4.78, 5) is 4.50. The van der Waals surface area contributed by atoms with Gasteiger partial charge in [-0.2, -0.15) is 0 Å². The lowest BCUT2D eigenvalue weighted by atomic mass is 9.95. The van der Waals surface area contributed by atoms with Crippen molar-refractivity contribution >= 4 is 6.21 Å². The number of allylic oxidation sites excluding steroid dienone is 3. The van der Waals surface area contributed by atoms with Crippen LogP contribution in [0.15, 0.2) is 28.3 Å². The van der Waals surface area contributed by atoms with E-state index >= 15 is 0 Å². The maximum absolute atomic E-state index is 4.50. The van der Waals surface area contributed by atoms with Gasteiger partial charge in [0.15, 0.2) is 0 Å². The second-order valence-electron chi connectivity index (χ2n) is 3.67. The molecule has 1 nitrogen and oxygen atoms in total. The zero-order valence-corrected chi connectivity index (χ0v) is 8.39. The van der Waals surface area contributed by atoms with Gasteiger partial charge < -0.3 is 0 Å². The maximum Gasteiger partial charge on any atom is 0.0762 e. The first kappa shape index (κ1) is 9.24. The molecular weight excluding hydrogens is 146 g/mol. The van der Waals surface area contributed by atoms with Gasteiger partial charge in [-0.05, 0) is 44.4 Å². The molecule has 0 aliphatic carbocycles. The van der Waals surface area contributed by atoms with Gasteiger partial charge in [-0.25, -0.2) is 0 Å². The molecule has 1 unspecified atom stereocenters. The largest absolute Gasteiger partial charge is 0.283 e. The van der Waals surface area contributed by atoms with Gasteiger partial charge in [0.2, 0.25) is 0 Å². The molecule has 0 saturated heterocycles. The second kappa shape index (κ2) is 3.26. The van der Waals surface area contributed by atoms with Crippen molar-refractivity contribution in [1.29, 1.82) is 0 Å². The molecule has 1 rings (SSSR count). The normalized spacial score (nSPS) is 29.3. The number of hydrogen-bond acceptors (Lipinski definition) is 1.